The Morgan fingerprint density at radius 2 is 1.60 bits per heavy atom. The van der Waals surface area contributed by atoms with Gasteiger partial charge >= 0.3 is 6.03 Å². The zero-order valence-electron chi connectivity index (χ0n) is 16.5. The van der Waals surface area contributed by atoms with Gasteiger partial charge in [-0.25, -0.2) is 9.18 Å². The average molecular weight is 407 g/mol. The maximum atomic E-state index is 13.3. The zero-order valence-corrected chi connectivity index (χ0v) is 16.5. The molecule has 3 aromatic rings. The summed E-state index contributed by atoms with van der Waals surface area (Å²) >= 11 is 0. The molecule has 0 spiro atoms. The minimum atomic E-state index is -0.402. The fraction of sp³-hybridized carbons (Fsp3) is 0.130. The zero-order chi connectivity index (χ0) is 21.3. The molecule has 0 saturated heterocycles. The van der Waals surface area contributed by atoms with Crippen LogP contribution in [0.1, 0.15) is 10.4 Å². The summed E-state index contributed by atoms with van der Waals surface area (Å²) in [4.78, 5) is 26.6. The summed E-state index contributed by atoms with van der Waals surface area (Å²) in [6.45, 7) is 0.424. The third-order valence-corrected chi connectivity index (χ3v) is 4.38. The van der Waals surface area contributed by atoms with Gasteiger partial charge in [-0.2, -0.15) is 0 Å². The number of methoxy groups -OCH3 is 1. The maximum Gasteiger partial charge on any atom is 0.326 e. The first-order chi connectivity index (χ1) is 14.6. The third-order valence-electron chi connectivity index (χ3n) is 4.38. The van der Waals surface area contributed by atoms with Crippen LogP contribution in [0, 0.1) is 5.82 Å². The lowest BCUT2D eigenvalue weighted by molar-refractivity contribution is 0.0954. The third kappa shape index (κ3) is 5.57. The molecule has 154 valence electrons. The summed E-state index contributed by atoms with van der Waals surface area (Å²) in [5.74, 6) is 0.0453. The molecule has 0 unspecified atom stereocenters. The number of ether oxygens (including phenoxy) is 1. The summed E-state index contributed by atoms with van der Waals surface area (Å²) in [7, 11) is 1.56. The number of amides is 3. The fourth-order valence-corrected chi connectivity index (χ4v) is 2.81. The molecule has 0 fully saturated rings. The highest BCUT2D eigenvalue weighted by Crippen LogP contribution is 2.19. The van der Waals surface area contributed by atoms with Gasteiger partial charge in [0.15, 0.2) is 0 Å². The Labute approximate surface area is 174 Å². The van der Waals surface area contributed by atoms with Gasteiger partial charge in [0.05, 0.1) is 7.11 Å². The Bertz CT molecular complexity index is 977. The van der Waals surface area contributed by atoms with Crippen LogP contribution in [0.25, 0.3) is 0 Å². The van der Waals surface area contributed by atoms with E-state index in [2.05, 4.69) is 10.6 Å². The standard InChI is InChI=1S/C23H22FN3O3/c1-30-21-13-9-19(10-14-21)26-23(29)27(20-11-7-18(24)8-12-20)16-15-25-22(28)17-5-3-2-4-6-17/h2-14H,15-16H2,1H3,(H,25,28)(H,26,29). The van der Waals surface area contributed by atoms with Gasteiger partial charge in [0.25, 0.3) is 5.91 Å². The number of nitrogens with zero attached hydrogens (tertiary/aromatic N) is 1. The minimum absolute atomic E-state index is 0.201. The second kappa shape index (κ2) is 10.1. The molecule has 0 aromatic heterocycles. The molecule has 3 amide bonds. The monoisotopic (exact) mass is 407 g/mol. The Morgan fingerprint density at radius 3 is 2.23 bits per heavy atom. The lowest BCUT2D eigenvalue weighted by Gasteiger charge is -2.23. The Kier molecular flexibility index (Phi) is 7.00. The van der Waals surface area contributed by atoms with Gasteiger partial charge in [0.1, 0.15) is 11.6 Å². The van der Waals surface area contributed by atoms with Gasteiger partial charge in [-0.1, -0.05) is 18.2 Å². The van der Waals surface area contributed by atoms with E-state index in [1.165, 1.54) is 29.2 Å². The van der Waals surface area contributed by atoms with Crippen molar-refractivity contribution in [1.82, 2.24) is 5.32 Å². The number of nitrogens with one attached hydrogen (secondary N) is 2. The van der Waals surface area contributed by atoms with Crippen molar-refractivity contribution in [2.75, 3.05) is 30.4 Å². The number of anilines is 2. The van der Waals surface area contributed by atoms with Crippen LogP contribution in [0.2, 0.25) is 0 Å². The predicted octanol–water partition coefficient (Wildman–Crippen LogP) is 4.30. The quantitative estimate of drug-likeness (QED) is 0.613. The smallest absolute Gasteiger partial charge is 0.326 e. The van der Waals surface area contributed by atoms with E-state index < -0.39 is 11.8 Å². The lowest BCUT2D eigenvalue weighted by Crippen LogP contribution is -2.41. The number of halogens is 1. The van der Waals surface area contributed by atoms with E-state index in [1.54, 1.807) is 55.6 Å². The number of carbonyl (C=O) groups is 2. The minimum Gasteiger partial charge on any atom is -0.497 e. The van der Waals surface area contributed by atoms with Crippen LogP contribution in [0.15, 0.2) is 78.9 Å². The van der Waals surface area contributed by atoms with E-state index in [0.29, 0.717) is 22.7 Å². The molecule has 0 aliphatic rings. The molecule has 6 nitrogen and oxygen atoms in total. The van der Waals surface area contributed by atoms with Crippen molar-refractivity contribution in [2.24, 2.45) is 0 Å². The molecule has 3 rings (SSSR count). The first-order valence-corrected chi connectivity index (χ1v) is 9.38. The molecule has 0 aliphatic heterocycles. The Balaban J connectivity index is 1.68. The number of rotatable bonds is 7. The molecule has 0 saturated carbocycles. The average Bonchev–Trinajstić information content (AvgIpc) is 2.78. The molecule has 0 atom stereocenters. The van der Waals surface area contributed by atoms with Crippen LogP contribution in [0.4, 0.5) is 20.6 Å². The van der Waals surface area contributed by atoms with Gasteiger partial charge in [-0.3, -0.25) is 9.69 Å². The molecular weight excluding hydrogens is 385 g/mol. The fourth-order valence-electron chi connectivity index (χ4n) is 2.81. The second-order valence-corrected chi connectivity index (χ2v) is 6.41. The topological polar surface area (TPSA) is 70.7 Å². The van der Waals surface area contributed by atoms with Crippen molar-refractivity contribution < 1.29 is 18.7 Å². The molecule has 0 aliphatic carbocycles. The van der Waals surface area contributed by atoms with Crippen LogP contribution >= 0.6 is 0 Å². The number of carbonyl (C=O) groups excluding carboxylic acids is 2. The summed E-state index contributed by atoms with van der Waals surface area (Å²) in [5.41, 5.74) is 1.63. The number of hydrogen-bond donors (Lipinski definition) is 2. The summed E-state index contributed by atoms with van der Waals surface area (Å²) < 4.78 is 18.4. The Morgan fingerprint density at radius 1 is 0.933 bits per heavy atom. The highest BCUT2D eigenvalue weighted by atomic mass is 19.1. The largest absolute Gasteiger partial charge is 0.497 e. The first kappa shape index (κ1) is 20.9. The number of hydrogen-bond acceptors (Lipinski definition) is 3. The lowest BCUT2D eigenvalue weighted by atomic mass is 10.2. The van der Waals surface area contributed by atoms with Crippen molar-refractivity contribution in [3.05, 3.63) is 90.2 Å². The molecular formula is C23H22FN3O3. The van der Waals surface area contributed by atoms with Crippen LogP contribution in [0.3, 0.4) is 0 Å². The normalized spacial score (nSPS) is 10.2. The second-order valence-electron chi connectivity index (χ2n) is 6.41. The molecule has 30 heavy (non-hydrogen) atoms. The van der Waals surface area contributed by atoms with Crippen molar-refractivity contribution in [2.45, 2.75) is 0 Å². The highest BCUT2D eigenvalue weighted by Gasteiger charge is 2.17. The maximum absolute atomic E-state index is 13.3. The van der Waals surface area contributed by atoms with Crippen LogP contribution in [-0.4, -0.2) is 32.1 Å². The molecule has 0 radical (unpaired) electrons. The van der Waals surface area contributed by atoms with E-state index in [-0.39, 0.29) is 19.0 Å². The van der Waals surface area contributed by atoms with E-state index in [0.717, 1.165) is 0 Å². The van der Waals surface area contributed by atoms with Crippen LogP contribution in [-0.2, 0) is 0 Å². The number of benzene rings is 3. The molecule has 0 bridgehead atoms. The van der Waals surface area contributed by atoms with Gasteiger partial charge < -0.3 is 15.4 Å². The van der Waals surface area contributed by atoms with E-state index in [9.17, 15) is 14.0 Å². The van der Waals surface area contributed by atoms with Crippen molar-refractivity contribution in [1.29, 1.82) is 0 Å². The molecule has 0 heterocycles. The summed E-state index contributed by atoms with van der Waals surface area (Å²) in [6, 6.07) is 20.9. The number of urea groups is 1. The van der Waals surface area contributed by atoms with Crippen LogP contribution < -0.4 is 20.3 Å². The predicted molar refractivity (Wildman–Crippen MR) is 115 cm³/mol. The summed E-state index contributed by atoms with van der Waals surface area (Å²) in [5, 5.41) is 5.59. The molecule has 7 heteroatoms. The van der Waals surface area contributed by atoms with Gasteiger partial charge in [0, 0.05) is 30.0 Å². The van der Waals surface area contributed by atoms with E-state index in [1.807, 2.05) is 6.07 Å². The van der Waals surface area contributed by atoms with Gasteiger partial charge in [0.2, 0.25) is 0 Å². The van der Waals surface area contributed by atoms with E-state index in [4.69, 9.17) is 4.74 Å². The van der Waals surface area contributed by atoms with Crippen molar-refractivity contribution >= 4 is 23.3 Å². The van der Waals surface area contributed by atoms with Gasteiger partial charge in [-0.05, 0) is 60.7 Å². The van der Waals surface area contributed by atoms with E-state index >= 15 is 0 Å². The van der Waals surface area contributed by atoms with Crippen molar-refractivity contribution in [3.63, 3.8) is 0 Å². The van der Waals surface area contributed by atoms with Crippen molar-refractivity contribution in [3.8, 4) is 5.75 Å². The molecule has 3 aromatic carbocycles. The first-order valence-electron chi connectivity index (χ1n) is 9.38. The SMILES string of the molecule is COc1ccc(NC(=O)N(CCNC(=O)c2ccccc2)c2ccc(F)cc2)cc1. The highest BCUT2D eigenvalue weighted by molar-refractivity contribution is 6.02. The van der Waals surface area contributed by atoms with Crippen LogP contribution in [0.5, 0.6) is 5.75 Å². The summed E-state index contributed by atoms with van der Waals surface area (Å²) in [6.07, 6.45) is 0. The van der Waals surface area contributed by atoms with Gasteiger partial charge in [-0.15, -0.1) is 0 Å². The Hall–Kier alpha value is -3.87. The molecule has 2 N–H and O–H groups in total.